The predicted octanol–water partition coefficient (Wildman–Crippen LogP) is 2.70. The number of amides is 1. The van der Waals surface area contributed by atoms with Gasteiger partial charge in [0.05, 0.1) is 0 Å². The first-order valence-corrected chi connectivity index (χ1v) is 7.44. The summed E-state index contributed by atoms with van der Waals surface area (Å²) in [4.78, 5) is 25.3. The Kier molecular flexibility index (Phi) is 4.35. The molecule has 0 aliphatic carbocycles. The third kappa shape index (κ3) is 3.26. The van der Waals surface area contributed by atoms with Crippen LogP contribution in [0, 0.1) is 13.8 Å². The van der Waals surface area contributed by atoms with E-state index in [0.717, 1.165) is 12.0 Å². The fourth-order valence-corrected chi connectivity index (χ4v) is 3.18. The van der Waals surface area contributed by atoms with Gasteiger partial charge in [0.1, 0.15) is 5.54 Å². The molecule has 1 amide bonds. The summed E-state index contributed by atoms with van der Waals surface area (Å²) >= 11 is 0. The minimum Gasteiger partial charge on any atom is -0.480 e. The number of benzene rings is 1. The zero-order valence-corrected chi connectivity index (χ0v) is 13.0. The van der Waals surface area contributed by atoms with Gasteiger partial charge in [0.15, 0.2) is 0 Å². The van der Waals surface area contributed by atoms with Crippen molar-refractivity contribution < 1.29 is 14.7 Å². The van der Waals surface area contributed by atoms with Gasteiger partial charge in [-0.2, -0.15) is 0 Å². The Morgan fingerprint density at radius 2 is 1.86 bits per heavy atom. The van der Waals surface area contributed by atoms with Crippen molar-refractivity contribution >= 4 is 11.9 Å². The minimum absolute atomic E-state index is 0.0587. The van der Waals surface area contributed by atoms with Crippen LogP contribution in [0.1, 0.15) is 42.9 Å². The molecule has 1 atom stereocenters. The van der Waals surface area contributed by atoms with Crippen molar-refractivity contribution in [1.82, 2.24) is 4.90 Å². The number of hydrogen-bond donors (Lipinski definition) is 1. The second kappa shape index (κ2) is 5.88. The van der Waals surface area contributed by atoms with Crippen molar-refractivity contribution in [2.24, 2.45) is 0 Å². The molecule has 1 aromatic rings. The smallest absolute Gasteiger partial charge is 0.329 e. The molecular formula is C17H23NO3. The van der Waals surface area contributed by atoms with Crippen LogP contribution in [0.3, 0.4) is 0 Å². The fraction of sp³-hybridized carbons (Fsp3) is 0.529. The number of rotatable bonds is 4. The van der Waals surface area contributed by atoms with Gasteiger partial charge in [-0.3, -0.25) is 4.79 Å². The monoisotopic (exact) mass is 289 g/mol. The number of hydrogen-bond acceptors (Lipinski definition) is 2. The highest BCUT2D eigenvalue weighted by atomic mass is 16.4. The first kappa shape index (κ1) is 15.5. The third-order valence-corrected chi connectivity index (χ3v) is 4.31. The molecule has 4 heteroatoms. The number of carboxylic acids is 1. The zero-order valence-electron chi connectivity index (χ0n) is 13.0. The molecule has 1 N–H and O–H groups in total. The molecule has 0 bridgehead atoms. The number of nitrogens with zero attached hydrogens (tertiary/aromatic N) is 1. The Labute approximate surface area is 125 Å². The lowest BCUT2D eigenvalue weighted by molar-refractivity contribution is -0.155. The van der Waals surface area contributed by atoms with Crippen LogP contribution >= 0.6 is 0 Å². The maximum Gasteiger partial charge on any atom is 0.329 e. The van der Waals surface area contributed by atoms with E-state index in [1.54, 1.807) is 6.92 Å². The molecule has 0 saturated carbocycles. The van der Waals surface area contributed by atoms with Gasteiger partial charge in [0.25, 0.3) is 0 Å². The Morgan fingerprint density at radius 1 is 1.24 bits per heavy atom. The summed E-state index contributed by atoms with van der Waals surface area (Å²) in [6.45, 7) is 6.28. The quantitative estimate of drug-likeness (QED) is 0.927. The van der Waals surface area contributed by atoms with Gasteiger partial charge >= 0.3 is 5.97 Å². The highest BCUT2D eigenvalue weighted by molar-refractivity contribution is 5.87. The molecule has 1 aromatic carbocycles. The van der Waals surface area contributed by atoms with E-state index in [-0.39, 0.29) is 5.91 Å². The SMILES string of the molecule is Cc1cc(C)cc(CCC(=O)N2CCCC2(C)C(=O)O)c1. The Morgan fingerprint density at radius 3 is 2.43 bits per heavy atom. The lowest BCUT2D eigenvalue weighted by Crippen LogP contribution is -2.50. The first-order valence-electron chi connectivity index (χ1n) is 7.44. The standard InChI is InChI=1S/C17H23NO3/c1-12-9-13(2)11-14(10-12)5-6-15(19)18-8-4-7-17(18,3)16(20)21/h9-11H,4-8H2,1-3H3,(H,20,21). The van der Waals surface area contributed by atoms with Gasteiger partial charge in [-0.25, -0.2) is 4.79 Å². The number of carbonyl (C=O) groups excluding carboxylic acids is 1. The van der Waals surface area contributed by atoms with E-state index >= 15 is 0 Å². The van der Waals surface area contributed by atoms with E-state index in [2.05, 4.69) is 18.2 Å². The lowest BCUT2D eigenvalue weighted by Gasteiger charge is -2.31. The van der Waals surface area contributed by atoms with E-state index in [0.29, 0.717) is 25.8 Å². The van der Waals surface area contributed by atoms with Gasteiger partial charge in [-0.15, -0.1) is 0 Å². The van der Waals surface area contributed by atoms with Crippen molar-refractivity contribution in [3.05, 3.63) is 34.9 Å². The van der Waals surface area contributed by atoms with Crippen molar-refractivity contribution in [3.63, 3.8) is 0 Å². The number of aryl methyl sites for hydroxylation is 3. The molecule has 4 nitrogen and oxygen atoms in total. The summed E-state index contributed by atoms with van der Waals surface area (Å²) in [6.07, 6.45) is 2.33. The average Bonchev–Trinajstić information content (AvgIpc) is 2.78. The van der Waals surface area contributed by atoms with Crippen molar-refractivity contribution in [2.75, 3.05) is 6.54 Å². The summed E-state index contributed by atoms with van der Waals surface area (Å²) in [5, 5.41) is 9.36. The Bertz CT molecular complexity index is 547. The van der Waals surface area contributed by atoms with Gasteiger partial charge in [-0.05, 0) is 45.6 Å². The summed E-state index contributed by atoms with van der Waals surface area (Å²) < 4.78 is 0. The van der Waals surface area contributed by atoms with E-state index < -0.39 is 11.5 Å². The zero-order chi connectivity index (χ0) is 15.6. The average molecular weight is 289 g/mol. The highest BCUT2D eigenvalue weighted by Gasteiger charge is 2.45. The molecule has 1 fully saturated rings. The second-order valence-electron chi connectivity index (χ2n) is 6.22. The van der Waals surface area contributed by atoms with Crippen molar-refractivity contribution in [1.29, 1.82) is 0 Å². The van der Waals surface area contributed by atoms with Crippen LogP contribution in [0.15, 0.2) is 18.2 Å². The van der Waals surface area contributed by atoms with Crippen molar-refractivity contribution in [3.8, 4) is 0 Å². The molecule has 1 aliphatic rings. The Hall–Kier alpha value is -1.84. The molecule has 21 heavy (non-hydrogen) atoms. The molecule has 0 spiro atoms. The third-order valence-electron chi connectivity index (χ3n) is 4.31. The van der Waals surface area contributed by atoms with Crippen LogP contribution in [0.25, 0.3) is 0 Å². The van der Waals surface area contributed by atoms with Gasteiger partial charge in [0.2, 0.25) is 5.91 Å². The second-order valence-corrected chi connectivity index (χ2v) is 6.22. The highest BCUT2D eigenvalue weighted by Crippen LogP contribution is 2.30. The Balaban J connectivity index is 2.03. The van der Waals surface area contributed by atoms with Crippen LogP contribution in [0.4, 0.5) is 0 Å². The van der Waals surface area contributed by atoms with Crippen LogP contribution in [-0.2, 0) is 16.0 Å². The van der Waals surface area contributed by atoms with Gasteiger partial charge in [0, 0.05) is 13.0 Å². The molecule has 1 unspecified atom stereocenters. The van der Waals surface area contributed by atoms with E-state index in [1.165, 1.54) is 16.0 Å². The minimum atomic E-state index is -1.03. The van der Waals surface area contributed by atoms with Gasteiger partial charge in [-0.1, -0.05) is 29.3 Å². The molecule has 0 aromatic heterocycles. The number of carbonyl (C=O) groups is 2. The molecule has 2 rings (SSSR count). The summed E-state index contributed by atoms with van der Waals surface area (Å²) in [5.74, 6) is -0.962. The van der Waals surface area contributed by atoms with Crippen molar-refractivity contribution in [2.45, 2.75) is 52.0 Å². The number of carboxylic acid groups (broad SMARTS) is 1. The normalized spacial score (nSPS) is 21.6. The first-order chi connectivity index (χ1) is 9.83. The fourth-order valence-electron chi connectivity index (χ4n) is 3.18. The van der Waals surface area contributed by atoms with E-state index in [1.807, 2.05) is 13.8 Å². The van der Waals surface area contributed by atoms with Crippen LogP contribution in [0.5, 0.6) is 0 Å². The van der Waals surface area contributed by atoms with Gasteiger partial charge < -0.3 is 10.0 Å². The van der Waals surface area contributed by atoms with E-state index in [9.17, 15) is 14.7 Å². The summed E-state index contributed by atoms with van der Waals surface area (Å²) in [7, 11) is 0. The predicted molar refractivity (Wildman–Crippen MR) is 81.2 cm³/mol. The van der Waals surface area contributed by atoms with Crippen LogP contribution in [0.2, 0.25) is 0 Å². The molecule has 1 saturated heterocycles. The lowest BCUT2D eigenvalue weighted by atomic mass is 9.98. The van der Waals surface area contributed by atoms with Crippen LogP contribution < -0.4 is 0 Å². The van der Waals surface area contributed by atoms with E-state index in [4.69, 9.17) is 0 Å². The summed E-state index contributed by atoms with van der Waals surface area (Å²) in [5.41, 5.74) is 2.49. The number of aliphatic carboxylic acids is 1. The molecule has 114 valence electrons. The molecule has 0 radical (unpaired) electrons. The maximum atomic E-state index is 12.4. The molecule has 1 heterocycles. The summed E-state index contributed by atoms with van der Waals surface area (Å²) in [6, 6.07) is 6.27. The maximum absolute atomic E-state index is 12.4. The topological polar surface area (TPSA) is 57.6 Å². The molecule has 1 aliphatic heterocycles. The van der Waals surface area contributed by atoms with Crippen LogP contribution in [-0.4, -0.2) is 34.0 Å². The largest absolute Gasteiger partial charge is 0.480 e. The molecular weight excluding hydrogens is 266 g/mol. The number of likely N-dealkylation sites (tertiary alicyclic amines) is 1.